The Bertz CT molecular complexity index is 641. The number of rotatable bonds is 3. The molecule has 0 aliphatic carbocycles. The fraction of sp³-hybridized carbons (Fsp3) is 0.200. The fourth-order valence-corrected chi connectivity index (χ4v) is 2.65. The number of alkyl halides is 3. The summed E-state index contributed by atoms with van der Waals surface area (Å²) in [6, 6.07) is 10.2. The zero-order valence-electron chi connectivity index (χ0n) is 11.2. The number of benzene rings is 2. The van der Waals surface area contributed by atoms with E-state index in [-0.39, 0.29) is 0 Å². The molecule has 0 aliphatic rings. The first-order valence-corrected chi connectivity index (χ1v) is 7.02. The zero-order chi connectivity index (χ0) is 15.6. The van der Waals surface area contributed by atoms with Crippen molar-refractivity contribution in [1.82, 2.24) is 5.43 Å². The van der Waals surface area contributed by atoms with Gasteiger partial charge in [0.1, 0.15) is 0 Å². The van der Waals surface area contributed by atoms with Gasteiger partial charge in [-0.1, -0.05) is 46.3 Å². The van der Waals surface area contributed by atoms with Crippen molar-refractivity contribution >= 4 is 15.9 Å². The monoisotopic (exact) mass is 358 g/mol. The molecule has 0 aliphatic heterocycles. The third-order valence-electron chi connectivity index (χ3n) is 3.25. The molecule has 2 aromatic rings. The molecule has 1 unspecified atom stereocenters. The first-order chi connectivity index (χ1) is 9.84. The van der Waals surface area contributed by atoms with Crippen LogP contribution in [0.2, 0.25) is 0 Å². The molecule has 21 heavy (non-hydrogen) atoms. The molecule has 0 saturated heterocycles. The Morgan fingerprint density at radius 3 is 2.43 bits per heavy atom. The van der Waals surface area contributed by atoms with Crippen LogP contribution in [-0.4, -0.2) is 0 Å². The summed E-state index contributed by atoms with van der Waals surface area (Å²) in [5.74, 6) is 5.56. The molecule has 6 heteroatoms. The lowest BCUT2D eigenvalue weighted by atomic mass is 9.96. The number of hydrogen-bond acceptors (Lipinski definition) is 2. The second kappa shape index (κ2) is 6.17. The molecule has 0 amide bonds. The van der Waals surface area contributed by atoms with E-state index in [2.05, 4.69) is 21.4 Å². The SMILES string of the molecule is Cc1cccc(C(NN)c2cccc(C(F)(F)F)c2)c1Br. The highest BCUT2D eigenvalue weighted by Gasteiger charge is 2.31. The smallest absolute Gasteiger partial charge is 0.271 e. The molecule has 3 N–H and O–H groups in total. The second-order valence-corrected chi connectivity index (χ2v) is 5.49. The van der Waals surface area contributed by atoms with E-state index in [4.69, 9.17) is 5.84 Å². The maximum absolute atomic E-state index is 12.8. The molecule has 0 aromatic heterocycles. The van der Waals surface area contributed by atoms with Crippen LogP contribution >= 0.6 is 15.9 Å². The summed E-state index contributed by atoms with van der Waals surface area (Å²) in [7, 11) is 0. The molecule has 0 bridgehead atoms. The molecule has 112 valence electrons. The van der Waals surface area contributed by atoms with E-state index in [1.54, 1.807) is 6.07 Å². The minimum absolute atomic E-state index is 0.457. The molecule has 0 heterocycles. The molecule has 0 spiro atoms. The van der Waals surface area contributed by atoms with Crippen LogP contribution in [0.4, 0.5) is 13.2 Å². The van der Waals surface area contributed by atoms with Crippen molar-refractivity contribution in [3.8, 4) is 0 Å². The molecule has 2 rings (SSSR count). The lowest BCUT2D eigenvalue weighted by molar-refractivity contribution is -0.137. The fourth-order valence-electron chi connectivity index (χ4n) is 2.15. The van der Waals surface area contributed by atoms with Crippen molar-refractivity contribution < 1.29 is 13.2 Å². The molecule has 0 radical (unpaired) electrons. The van der Waals surface area contributed by atoms with Crippen LogP contribution in [-0.2, 0) is 6.18 Å². The lowest BCUT2D eigenvalue weighted by Gasteiger charge is -2.20. The van der Waals surface area contributed by atoms with Crippen LogP contribution in [0.25, 0.3) is 0 Å². The third kappa shape index (κ3) is 3.45. The first-order valence-electron chi connectivity index (χ1n) is 6.23. The highest BCUT2D eigenvalue weighted by atomic mass is 79.9. The Kier molecular flexibility index (Phi) is 4.70. The average Bonchev–Trinajstić information content (AvgIpc) is 2.44. The number of aryl methyl sites for hydroxylation is 1. The molecule has 1 atom stereocenters. The van der Waals surface area contributed by atoms with E-state index < -0.39 is 17.8 Å². The molecule has 0 saturated carbocycles. The standard InChI is InChI=1S/C15H14BrF3N2/c1-9-4-2-7-12(13(9)16)14(21-20)10-5-3-6-11(8-10)15(17,18)19/h2-8,14,21H,20H2,1H3. The predicted octanol–water partition coefficient (Wildman–Crippen LogP) is 4.33. The lowest BCUT2D eigenvalue weighted by Crippen LogP contribution is -2.29. The summed E-state index contributed by atoms with van der Waals surface area (Å²) in [5.41, 5.74) is 4.12. The van der Waals surface area contributed by atoms with E-state index in [0.29, 0.717) is 5.56 Å². The molecule has 2 nitrogen and oxygen atoms in total. The van der Waals surface area contributed by atoms with Gasteiger partial charge in [-0.05, 0) is 35.7 Å². The first kappa shape index (κ1) is 16.0. The van der Waals surface area contributed by atoms with Gasteiger partial charge < -0.3 is 0 Å². The van der Waals surface area contributed by atoms with E-state index in [1.165, 1.54) is 6.07 Å². The Hall–Kier alpha value is -1.37. The van der Waals surface area contributed by atoms with E-state index in [0.717, 1.165) is 27.7 Å². The van der Waals surface area contributed by atoms with Gasteiger partial charge in [0.15, 0.2) is 0 Å². The zero-order valence-corrected chi connectivity index (χ0v) is 12.8. The molecule has 2 aromatic carbocycles. The van der Waals surface area contributed by atoms with Gasteiger partial charge >= 0.3 is 6.18 Å². The largest absolute Gasteiger partial charge is 0.416 e. The number of nitrogens with two attached hydrogens (primary N) is 1. The van der Waals surface area contributed by atoms with Gasteiger partial charge in [0, 0.05) is 4.47 Å². The summed E-state index contributed by atoms with van der Waals surface area (Å²) in [5, 5.41) is 0. The maximum Gasteiger partial charge on any atom is 0.416 e. The van der Waals surface area contributed by atoms with Crippen molar-refractivity contribution in [1.29, 1.82) is 0 Å². The topological polar surface area (TPSA) is 38.0 Å². The van der Waals surface area contributed by atoms with Crippen LogP contribution in [0.15, 0.2) is 46.9 Å². The second-order valence-electron chi connectivity index (χ2n) is 4.70. The Morgan fingerprint density at radius 2 is 1.81 bits per heavy atom. The Morgan fingerprint density at radius 1 is 1.14 bits per heavy atom. The Balaban J connectivity index is 2.49. The van der Waals surface area contributed by atoms with Crippen molar-refractivity contribution in [3.63, 3.8) is 0 Å². The normalized spacial score (nSPS) is 13.2. The van der Waals surface area contributed by atoms with Crippen LogP contribution in [0.1, 0.15) is 28.3 Å². The summed E-state index contributed by atoms with van der Waals surface area (Å²) >= 11 is 3.46. The van der Waals surface area contributed by atoms with Gasteiger partial charge in [0.2, 0.25) is 0 Å². The summed E-state index contributed by atoms with van der Waals surface area (Å²) in [6.45, 7) is 1.91. The van der Waals surface area contributed by atoms with E-state index in [1.807, 2.05) is 25.1 Å². The van der Waals surface area contributed by atoms with Crippen molar-refractivity contribution in [2.45, 2.75) is 19.1 Å². The summed E-state index contributed by atoms with van der Waals surface area (Å²) < 4.78 is 39.3. The van der Waals surface area contributed by atoms with E-state index in [9.17, 15) is 13.2 Å². The van der Waals surface area contributed by atoms with Crippen LogP contribution in [0, 0.1) is 6.92 Å². The minimum atomic E-state index is -4.38. The van der Waals surface area contributed by atoms with Gasteiger partial charge in [0.05, 0.1) is 11.6 Å². The van der Waals surface area contributed by atoms with Crippen LogP contribution in [0.3, 0.4) is 0 Å². The van der Waals surface area contributed by atoms with Crippen molar-refractivity contribution in [3.05, 3.63) is 69.2 Å². The van der Waals surface area contributed by atoms with Crippen molar-refractivity contribution in [2.75, 3.05) is 0 Å². The maximum atomic E-state index is 12.8. The van der Waals surface area contributed by atoms with Gasteiger partial charge in [-0.25, -0.2) is 5.43 Å². The highest BCUT2D eigenvalue weighted by Crippen LogP contribution is 2.34. The summed E-state index contributed by atoms with van der Waals surface area (Å²) in [6.07, 6.45) is -4.38. The van der Waals surface area contributed by atoms with Gasteiger partial charge in [-0.15, -0.1) is 0 Å². The van der Waals surface area contributed by atoms with Crippen LogP contribution < -0.4 is 11.3 Å². The average molecular weight is 359 g/mol. The third-order valence-corrected chi connectivity index (χ3v) is 4.33. The molecule has 0 fully saturated rings. The van der Waals surface area contributed by atoms with E-state index >= 15 is 0 Å². The number of nitrogens with one attached hydrogen (secondary N) is 1. The highest BCUT2D eigenvalue weighted by molar-refractivity contribution is 9.10. The Labute approximate surface area is 129 Å². The number of hydrogen-bond donors (Lipinski definition) is 2. The van der Waals surface area contributed by atoms with Gasteiger partial charge in [-0.3, -0.25) is 5.84 Å². The predicted molar refractivity (Wildman–Crippen MR) is 79.5 cm³/mol. The van der Waals surface area contributed by atoms with Gasteiger partial charge in [-0.2, -0.15) is 13.2 Å². The molecular weight excluding hydrogens is 345 g/mol. The van der Waals surface area contributed by atoms with Crippen LogP contribution in [0.5, 0.6) is 0 Å². The van der Waals surface area contributed by atoms with Gasteiger partial charge in [0.25, 0.3) is 0 Å². The summed E-state index contributed by atoms with van der Waals surface area (Å²) in [4.78, 5) is 0. The molecular formula is C15H14BrF3N2. The number of hydrazine groups is 1. The minimum Gasteiger partial charge on any atom is -0.271 e. The quantitative estimate of drug-likeness (QED) is 0.633. The number of halogens is 4. The van der Waals surface area contributed by atoms with Crippen molar-refractivity contribution in [2.24, 2.45) is 5.84 Å².